The Morgan fingerprint density at radius 2 is 2.11 bits per heavy atom. The van der Waals surface area contributed by atoms with Crippen molar-refractivity contribution in [2.24, 2.45) is 5.92 Å². The summed E-state index contributed by atoms with van der Waals surface area (Å²) < 4.78 is 6.26. The maximum absolute atomic E-state index is 12.2. The molecule has 19 heavy (non-hydrogen) atoms. The molecule has 0 aliphatic heterocycles. The van der Waals surface area contributed by atoms with Crippen molar-refractivity contribution in [3.05, 3.63) is 28.2 Å². The van der Waals surface area contributed by atoms with E-state index in [-0.39, 0.29) is 5.78 Å². The molecule has 1 aliphatic rings. The molecule has 0 unspecified atom stereocenters. The number of carbonyl (C=O) groups is 1. The predicted octanol–water partition coefficient (Wildman–Crippen LogP) is 5.00. The highest BCUT2D eigenvalue weighted by atomic mass is 79.9. The van der Waals surface area contributed by atoms with Crippen LogP contribution in [0.4, 0.5) is 0 Å². The van der Waals surface area contributed by atoms with Crippen molar-refractivity contribution in [1.29, 1.82) is 0 Å². The van der Waals surface area contributed by atoms with E-state index in [9.17, 15) is 4.79 Å². The molecular weight excluding hydrogens is 304 g/mol. The molecule has 0 spiro atoms. The molecule has 0 saturated heterocycles. The Hall–Kier alpha value is -0.830. The van der Waals surface area contributed by atoms with Crippen molar-refractivity contribution in [2.75, 3.05) is 6.61 Å². The van der Waals surface area contributed by atoms with E-state index in [1.54, 1.807) is 0 Å². The summed E-state index contributed by atoms with van der Waals surface area (Å²) in [5, 5.41) is 0. The Morgan fingerprint density at radius 3 is 2.74 bits per heavy atom. The fourth-order valence-electron chi connectivity index (χ4n) is 2.75. The highest BCUT2D eigenvalue weighted by Crippen LogP contribution is 2.30. The number of benzene rings is 1. The zero-order valence-corrected chi connectivity index (χ0v) is 13.0. The number of hydrogen-bond donors (Lipinski definition) is 0. The van der Waals surface area contributed by atoms with E-state index in [1.165, 1.54) is 25.7 Å². The van der Waals surface area contributed by atoms with Gasteiger partial charge in [0.15, 0.2) is 5.78 Å². The first-order valence-corrected chi connectivity index (χ1v) is 7.95. The molecular formula is C16H21BrO2. The fraction of sp³-hybridized carbons (Fsp3) is 0.562. The quantitative estimate of drug-likeness (QED) is 0.688. The molecule has 2 rings (SSSR count). The third kappa shape index (κ3) is 4.07. The van der Waals surface area contributed by atoms with Gasteiger partial charge in [0.1, 0.15) is 5.75 Å². The van der Waals surface area contributed by atoms with Gasteiger partial charge in [-0.15, -0.1) is 0 Å². The summed E-state index contributed by atoms with van der Waals surface area (Å²) in [7, 11) is 0. The molecule has 0 aromatic heterocycles. The Morgan fingerprint density at radius 1 is 1.37 bits per heavy atom. The summed E-state index contributed by atoms with van der Waals surface area (Å²) in [5.74, 6) is 1.81. The predicted molar refractivity (Wildman–Crippen MR) is 80.8 cm³/mol. The van der Waals surface area contributed by atoms with E-state index in [1.807, 2.05) is 25.1 Å². The number of rotatable bonds is 6. The van der Waals surface area contributed by atoms with Crippen LogP contribution in [0.2, 0.25) is 0 Å². The summed E-state index contributed by atoms with van der Waals surface area (Å²) >= 11 is 3.47. The van der Waals surface area contributed by atoms with Crippen molar-refractivity contribution >= 4 is 21.7 Å². The highest BCUT2D eigenvalue weighted by Gasteiger charge is 2.18. The molecule has 0 atom stereocenters. The van der Waals surface area contributed by atoms with Gasteiger partial charge in [-0.2, -0.15) is 0 Å². The number of carbonyl (C=O) groups excluding carboxylic acids is 1. The van der Waals surface area contributed by atoms with Crippen LogP contribution in [-0.4, -0.2) is 12.4 Å². The monoisotopic (exact) mass is 324 g/mol. The van der Waals surface area contributed by atoms with Gasteiger partial charge >= 0.3 is 0 Å². The van der Waals surface area contributed by atoms with Crippen LogP contribution in [0.25, 0.3) is 0 Å². The lowest BCUT2D eigenvalue weighted by atomic mass is 9.97. The summed E-state index contributed by atoms with van der Waals surface area (Å²) in [4.78, 5) is 12.2. The van der Waals surface area contributed by atoms with Gasteiger partial charge in [0.05, 0.1) is 6.61 Å². The minimum absolute atomic E-state index is 0.238. The number of ether oxygens (including phenoxy) is 1. The first-order chi connectivity index (χ1) is 9.20. The van der Waals surface area contributed by atoms with Gasteiger partial charge in [0.2, 0.25) is 0 Å². The van der Waals surface area contributed by atoms with Gasteiger partial charge in [0, 0.05) is 16.5 Å². The van der Waals surface area contributed by atoms with Crippen LogP contribution >= 0.6 is 15.9 Å². The third-order valence-corrected chi connectivity index (χ3v) is 4.46. The normalized spacial score (nSPS) is 15.7. The Balaban J connectivity index is 1.94. The van der Waals surface area contributed by atoms with Crippen molar-refractivity contribution in [3.63, 3.8) is 0 Å². The van der Waals surface area contributed by atoms with E-state index in [0.29, 0.717) is 13.0 Å². The van der Waals surface area contributed by atoms with Gasteiger partial charge in [-0.25, -0.2) is 0 Å². The van der Waals surface area contributed by atoms with E-state index >= 15 is 0 Å². The largest absolute Gasteiger partial charge is 0.494 e. The summed E-state index contributed by atoms with van der Waals surface area (Å²) in [6, 6.07) is 5.62. The molecule has 0 bridgehead atoms. The molecule has 2 nitrogen and oxygen atoms in total. The van der Waals surface area contributed by atoms with Gasteiger partial charge in [-0.1, -0.05) is 25.7 Å². The first kappa shape index (κ1) is 14.6. The molecule has 1 aliphatic carbocycles. The molecule has 0 amide bonds. The number of hydrogen-bond acceptors (Lipinski definition) is 2. The maximum Gasteiger partial charge on any atom is 0.164 e. The van der Waals surface area contributed by atoms with Crippen LogP contribution in [0.5, 0.6) is 5.75 Å². The van der Waals surface area contributed by atoms with Crippen molar-refractivity contribution < 1.29 is 9.53 Å². The molecule has 1 aromatic carbocycles. The molecule has 3 heteroatoms. The molecule has 0 heterocycles. The molecule has 104 valence electrons. The number of halogens is 1. The average molecular weight is 325 g/mol. The number of Topliss-reactive ketones (excluding diaryl/α,β-unsaturated/α-hetero) is 1. The summed E-state index contributed by atoms with van der Waals surface area (Å²) in [5.41, 5.74) is 0.779. The molecule has 1 aromatic rings. The van der Waals surface area contributed by atoms with Gasteiger partial charge in [-0.3, -0.25) is 4.79 Å². The third-order valence-electron chi connectivity index (χ3n) is 3.81. The van der Waals surface area contributed by atoms with Crippen LogP contribution in [-0.2, 0) is 0 Å². The fourth-order valence-corrected chi connectivity index (χ4v) is 3.33. The van der Waals surface area contributed by atoms with Crippen LogP contribution in [0.1, 0.15) is 55.8 Å². The molecule has 0 N–H and O–H groups in total. The van der Waals surface area contributed by atoms with E-state index in [0.717, 1.165) is 28.1 Å². The highest BCUT2D eigenvalue weighted by molar-refractivity contribution is 9.10. The van der Waals surface area contributed by atoms with E-state index < -0.39 is 0 Å². The lowest BCUT2D eigenvalue weighted by Crippen LogP contribution is -2.04. The maximum atomic E-state index is 12.2. The standard InChI is InChI=1S/C16H21BrO2/c1-2-19-13-8-9-14(15(17)11-13)16(18)10-7-12-5-3-4-6-12/h8-9,11-12H,2-7,10H2,1H3. The Labute approximate surface area is 123 Å². The van der Waals surface area contributed by atoms with E-state index in [2.05, 4.69) is 15.9 Å². The lowest BCUT2D eigenvalue weighted by Gasteiger charge is -2.10. The van der Waals surface area contributed by atoms with Gasteiger partial charge in [-0.05, 0) is 53.4 Å². The van der Waals surface area contributed by atoms with Crippen LogP contribution in [0, 0.1) is 5.92 Å². The first-order valence-electron chi connectivity index (χ1n) is 7.16. The average Bonchev–Trinajstić information content (AvgIpc) is 2.89. The zero-order valence-electron chi connectivity index (χ0n) is 11.5. The number of ketones is 1. The summed E-state index contributed by atoms with van der Waals surface area (Å²) in [6.45, 7) is 2.59. The second-order valence-electron chi connectivity index (χ2n) is 5.19. The smallest absolute Gasteiger partial charge is 0.164 e. The SMILES string of the molecule is CCOc1ccc(C(=O)CCC2CCCC2)c(Br)c1. The zero-order chi connectivity index (χ0) is 13.7. The van der Waals surface area contributed by atoms with Crippen LogP contribution in [0.3, 0.4) is 0 Å². The topological polar surface area (TPSA) is 26.3 Å². The van der Waals surface area contributed by atoms with Crippen molar-refractivity contribution in [3.8, 4) is 5.75 Å². The molecule has 1 saturated carbocycles. The van der Waals surface area contributed by atoms with Crippen molar-refractivity contribution in [2.45, 2.75) is 45.4 Å². The molecule has 1 fully saturated rings. The summed E-state index contributed by atoms with van der Waals surface area (Å²) in [6.07, 6.45) is 6.99. The Bertz CT molecular complexity index is 436. The lowest BCUT2D eigenvalue weighted by molar-refractivity contribution is 0.0973. The second-order valence-corrected chi connectivity index (χ2v) is 6.04. The van der Waals surface area contributed by atoms with Gasteiger partial charge in [0.25, 0.3) is 0 Å². The Kier molecular flexibility index (Phi) is 5.44. The van der Waals surface area contributed by atoms with Crippen molar-refractivity contribution in [1.82, 2.24) is 0 Å². The minimum Gasteiger partial charge on any atom is -0.494 e. The second kappa shape index (κ2) is 7.09. The van der Waals surface area contributed by atoms with Crippen LogP contribution in [0.15, 0.2) is 22.7 Å². The minimum atomic E-state index is 0.238. The van der Waals surface area contributed by atoms with Crippen LogP contribution < -0.4 is 4.74 Å². The van der Waals surface area contributed by atoms with Gasteiger partial charge < -0.3 is 4.74 Å². The molecule has 0 radical (unpaired) electrons. The van der Waals surface area contributed by atoms with E-state index in [4.69, 9.17) is 4.74 Å².